The van der Waals surface area contributed by atoms with E-state index in [1.165, 1.54) is 19.2 Å². The van der Waals surface area contributed by atoms with Gasteiger partial charge in [0.2, 0.25) is 0 Å². The molecular formula is C13H25N5O. The number of nitrogens with two attached hydrogens (primary N) is 2. The molecule has 0 aliphatic carbocycles. The fourth-order valence-electron chi connectivity index (χ4n) is 2.22. The number of hydrogen-bond acceptors (Lipinski definition) is 5. The molecule has 19 heavy (non-hydrogen) atoms. The Bertz CT molecular complexity index is 371. The number of aliphatic hydroxyl groups is 1. The van der Waals surface area contributed by atoms with Crippen molar-refractivity contribution in [1.82, 2.24) is 4.90 Å². The Morgan fingerprint density at radius 2 is 2.11 bits per heavy atom. The number of aliphatic hydroxyl groups excluding tert-OH is 1. The van der Waals surface area contributed by atoms with Gasteiger partial charge in [-0.1, -0.05) is 32.6 Å². The molecule has 0 saturated heterocycles. The SMILES string of the molecule is CCCCCCC(C(C)O)N1C=NC(=C(N)N)C1=N. The summed E-state index contributed by atoms with van der Waals surface area (Å²) in [6.45, 7) is 3.90. The highest BCUT2D eigenvalue weighted by Gasteiger charge is 2.30. The maximum Gasteiger partial charge on any atom is 0.156 e. The zero-order chi connectivity index (χ0) is 14.4. The minimum absolute atomic E-state index is 0.0408. The van der Waals surface area contributed by atoms with E-state index in [0.717, 1.165) is 19.3 Å². The fraction of sp³-hybridized carbons (Fsp3) is 0.692. The van der Waals surface area contributed by atoms with Gasteiger partial charge in [-0.15, -0.1) is 0 Å². The van der Waals surface area contributed by atoms with Crippen molar-refractivity contribution in [1.29, 1.82) is 5.41 Å². The Kier molecular flexibility index (Phi) is 5.82. The van der Waals surface area contributed by atoms with Gasteiger partial charge in [-0.2, -0.15) is 0 Å². The van der Waals surface area contributed by atoms with Crippen LogP contribution < -0.4 is 11.5 Å². The first-order valence-corrected chi connectivity index (χ1v) is 6.83. The lowest BCUT2D eigenvalue weighted by molar-refractivity contribution is 0.119. The summed E-state index contributed by atoms with van der Waals surface area (Å²) in [5.74, 6) is 0.209. The molecule has 0 amide bonds. The van der Waals surface area contributed by atoms with E-state index in [2.05, 4.69) is 11.9 Å². The highest BCUT2D eigenvalue weighted by Crippen LogP contribution is 2.20. The van der Waals surface area contributed by atoms with Gasteiger partial charge in [0, 0.05) is 0 Å². The average Bonchev–Trinajstić information content (AvgIpc) is 2.71. The Balaban J connectivity index is 2.66. The molecule has 6 heteroatoms. The Labute approximate surface area is 114 Å². The van der Waals surface area contributed by atoms with Gasteiger partial charge in [0.15, 0.2) is 5.84 Å². The summed E-state index contributed by atoms with van der Waals surface area (Å²) in [6.07, 6.45) is 6.36. The quantitative estimate of drug-likeness (QED) is 0.518. The van der Waals surface area contributed by atoms with Crippen molar-refractivity contribution in [3.63, 3.8) is 0 Å². The van der Waals surface area contributed by atoms with E-state index in [4.69, 9.17) is 16.9 Å². The number of hydrogen-bond donors (Lipinski definition) is 4. The molecule has 0 saturated carbocycles. The topological polar surface area (TPSA) is 112 Å². The van der Waals surface area contributed by atoms with E-state index >= 15 is 0 Å². The van der Waals surface area contributed by atoms with Gasteiger partial charge in [0.25, 0.3) is 0 Å². The van der Waals surface area contributed by atoms with Crippen LogP contribution in [0.1, 0.15) is 46.0 Å². The van der Waals surface area contributed by atoms with E-state index < -0.39 is 6.10 Å². The maximum absolute atomic E-state index is 9.89. The van der Waals surface area contributed by atoms with Crippen molar-refractivity contribution in [3.05, 3.63) is 11.5 Å². The van der Waals surface area contributed by atoms with Crippen LogP contribution in [0, 0.1) is 5.41 Å². The van der Waals surface area contributed by atoms with E-state index in [-0.39, 0.29) is 17.7 Å². The summed E-state index contributed by atoms with van der Waals surface area (Å²) < 4.78 is 0. The summed E-state index contributed by atoms with van der Waals surface area (Å²) in [7, 11) is 0. The third kappa shape index (κ3) is 3.96. The van der Waals surface area contributed by atoms with E-state index in [1.807, 2.05) is 0 Å². The summed E-state index contributed by atoms with van der Waals surface area (Å²) in [5.41, 5.74) is 11.3. The van der Waals surface area contributed by atoms with Gasteiger partial charge >= 0.3 is 0 Å². The summed E-state index contributed by atoms with van der Waals surface area (Å²) in [5, 5.41) is 17.9. The summed E-state index contributed by atoms with van der Waals surface area (Å²) in [4.78, 5) is 5.70. The number of nitrogens with zero attached hydrogens (tertiary/aromatic N) is 2. The minimum atomic E-state index is -0.535. The van der Waals surface area contributed by atoms with Gasteiger partial charge < -0.3 is 21.5 Å². The van der Waals surface area contributed by atoms with Crippen LogP contribution in [0.3, 0.4) is 0 Å². The van der Waals surface area contributed by atoms with Crippen molar-refractivity contribution < 1.29 is 5.11 Å². The summed E-state index contributed by atoms with van der Waals surface area (Å²) >= 11 is 0. The van der Waals surface area contributed by atoms with Crippen LogP contribution in [0.25, 0.3) is 0 Å². The first-order valence-electron chi connectivity index (χ1n) is 6.83. The zero-order valence-corrected chi connectivity index (χ0v) is 11.8. The van der Waals surface area contributed by atoms with E-state index in [9.17, 15) is 5.11 Å². The van der Waals surface area contributed by atoms with Crippen molar-refractivity contribution in [3.8, 4) is 0 Å². The third-order valence-corrected chi connectivity index (χ3v) is 3.33. The first kappa shape index (κ1) is 15.5. The van der Waals surface area contributed by atoms with Gasteiger partial charge in [-0.25, -0.2) is 4.99 Å². The lowest BCUT2D eigenvalue weighted by atomic mass is 10.0. The molecule has 0 aromatic rings. The summed E-state index contributed by atoms with van der Waals surface area (Å²) in [6, 6.07) is -0.148. The number of rotatable bonds is 7. The van der Waals surface area contributed by atoms with Crippen LogP contribution in [0.15, 0.2) is 16.5 Å². The molecule has 0 radical (unpaired) electrons. The van der Waals surface area contributed by atoms with Gasteiger partial charge in [0.1, 0.15) is 11.5 Å². The van der Waals surface area contributed by atoms with Crippen LogP contribution in [-0.4, -0.2) is 34.3 Å². The number of nitrogens with one attached hydrogen (secondary N) is 1. The first-order chi connectivity index (χ1) is 8.99. The highest BCUT2D eigenvalue weighted by atomic mass is 16.3. The van der Waals surface area contributed by atoms with Crippen molar-refractivity contribution >= 4 is 12.2 Å². The van der Waals surface area contributed by atoms with Gasteiger partial charge in [-0.05, 0) is 13.3 Å². The molecule has 6 nitrogen and oxygen atoms in total. The predicted molar refractivity (Wildman–Crippen MR) is 77.7 cm³/mol. The molecule has 2 atom stereocenters. The Morgan fingerprint density at radius 3 is 2.58 bits per heavy atom. The predicted octanol–water partition coefficient (Wildman–Crippen LogP) is 1.11. The second-order valence-corrected chi connectivity index (χ2v) is 4.96. The molecule has 0 spiro atoms. The second-order valence-electron chi connectivity index (χ2n) is 4.96. The number of unbranched alkanes of at least 4 members (excludes halogenated alkanes) is 3. The molecule has 1 aliphatic rings. The number of aliphatic imine (C=N–C) groups is 1. The second kappa shape index (κ2) is 7.13. The molecule has 108 valence electrons. The molecule has 1 aliphatic heterocycles. The lowest BCUT2D eigenvalue weighted by Gasteiger charge is -2.29. The monoisotopic (exact) mass is 267 g/mol. The van der Waals surface area contributed by atoms with Gasteiger partial charge in [0.05, 0.1) is 18.5 Å². The van der Waals surface area contributed by atoms with Crippen LogP contribution >= 0.6 is 0 Å². The molecule has 0 aromatic heterocycles. The fourth-order valence-corrected chi connectivity index (χ4v) is 2.22. The Hall–Kier alpha value is -1.56. The van der Waals surface area contributed by atoms with Crippen molar-refractivity contribution in [2.75, 3.05) is 0 Å². The van der Waals surface area contributed by atoms with Crippen LogP contribution in [-0.2, 0) is 0 Å². The molecule has 1 rings (SSSR count). The largest absolute Gasteiger partial charge is 0.391 e. The molecule has 0 aromatic carbocycles. The molecule has 2 unspecified atom stereocenters. The van der Waals surface area contributed by atoms with Crippen molar-refractivity contribution in [2.45, 2.75) is 58.1 Å². The lowest BCUT2D eigenvalue weighted by Crippen LogP contribution is -2.43. The van der Waals surface area contributed by atoms with Crippen LogP contribution in [0.4, 0.5) is 0 Å². The van der Waals surface area contributed by atoms with Crippen LogP contribution in [0.2, 0.25) is 0 Å². The minimum Gasteiger partial charge on any atom is -0.391 e. The highest BCUT2D eigenvalue weighted by molar-refractivity contribution is 6.07. The third-order valence-electron chi connectivity index (χ3n) is 3.33. The van der Waals surface area contributed by atoms with Crippen LogP contribution in [0.5, 0.6) is 0 Å². The number of amidine groups is 1. The molecule has 6 N–H and O–H groups in total. The molecule has 0 bridgehead atoms. The molecular weight excluding hydrogens is 242 g/mol. The average molecular weight is 267 g/mol. The van der Waals surface area contributed by atoms with Gasteiger partial charge in [-0.3, -0.25) is 5.41 Å². The maximum atomic E-state index is 9.89. The normalized spacial score (nSPS) is 17.9. The van der Waals surface area contributed by atoms with E-state index in [0.29, 0.717) is 5.70 Å². The Morgan fingerprint density at radius 1 is 1.42 bits per heavy atom. The molecule has 1 heterocycles. The van der Waals surface area contributed by atoms with E-state index in [1.54, 1.807) is 11.8 Å². The standard InChI is InChI=1S/C13H25N5O/c1-3-4-5-6-7-10(9(2)19)18-8-17-11(12(14)15)13(18)16/h8-10,16,19H,3-7,14-15H2,1-2H3. The zero-order valence-electron chi connectivity index (χ0n) is 11.8. The van der Waals surface area contributed by atoms with Crippen molar-refractivity contribution in [2.24, 2.45) is 16.5 Å². The smallest absolute Gasteiger partial charge is 0.156 e. The molecule has 0 fully saturated rings.